The highest BCUT2D eigenvalue weighted by atomic mass is 35.5. The van der Waals surface area contributed by atoms with Gasteiger partial charge in [-0.3, -0.25) is 10.4 Å². The maximum atomic E-state index is 5.88. The van der Waals surface area contributed by atoms with Crippen LogP contribution in [0.15, 0.2) is 78.0 Å². The number of benzene rings is 1. The summed E-state index contributed by atoms with van der Waals surface area (Å²) in [6.07, 6.45) is 1.74. The van der Waals surface area contributed by atoms with Crippen LogP contribution in [0, 0.1) is 0 Å². The Labute approximate surface area is 133 Å². The highest BCUT2D eigenvalue weighted by Gasteiger charge is 2.08. The molecule has 0 bridgehead atoms. The molecule has 0 saturated carbocycles. The summed E-state index contributed by atoms with van der Waals surface area (Å²) in [5.41, 5.74) is 5.42. The van der Waals surface area contributed by atoms with Gasteiger partial charge in [-0.1, -0.05) is 54.1 Å². The maximum absolute atomic E-state index is 5.88. The van der Waals surface area contributed by atoms with E-state index in [0.29, 0.717) is 11.0 Å². The minimum atomic E-state index is 0.416. The first kappa shape index (κ1) is 14.2. The standard InChI is InChI=1S/C17H13ClN4/c18-15-10-6-11-16(20-15)21-22-17(13-7-2-1-3-8-13)14-9-4-5-12-19-14/h1-12H,(H,20,21). The van der Waals surface area contributed by atoms with E-state index in [4.69, 9.17) is 11.6 Å². The van der Waals surface area contributed by atoms with Crippen LogP contribution < -0.4 is 5.43 Å². The van der Waals surface area contributed by atoms with Crippen LogP contribution in [0.2, 0.25) is 5.15 Å². The van der Waals surface area contributed by atoms with Gasteiger partial charge < -0.3 is 0 Å². The Kier molecular flexibility index (Phi) is 4.41. The van der Waals surface area contributed by atoms with Crippen molar-refractivity contribution in [1.29, 1.82) is 0 Å². The smallest absolute Gasteiger partial charge is 0.147 e. The predicted molar refractivity (Wildman–Crippen MR) is 89.2 cm³/mol. The molecule has 3 aromatic rings. The van der Waals surface area contributed by atoms with Crippen LogP contribution in [0.25, 0.3) is 0 Å². The van der Waals surface area contributed by atoms with Crippen molar-refractivity contribution in [3.05, 3.63) is 89.3 Å². The van der Waals surface area contributed by atoms with Gasteiger partial charge in [-0.25, -0.2) is 4.98 Å². The predicted octanol–water partition coefficient (Wildman–Crippen LogP) is 3.99. The highest BCUT2D eigenvalue weighted by Crippen LogP contribution is 2.12. The molecule has 0 unspecified atom stereocenters. The average Bonchev–Trinajstić information content (AvgIpc) is 2.57. The summed E-state index contributed by atoms with van der Waals surface area (Å²) >= 11 is 5.88. The van der Waals surface area contributed by atoms with Crippen LogP contribution in [0.1, 0.15) is 11.3 Å². The minimum Gasteiger partial charge on any atom is -0.261 e. The molecule has 108 valence electrons. The number of nitrogens with one attached hydrogen (secondary N) is 1. The van der Waals surface area contributed by atoms with E-state index in [-0.39, 0.29) is 0 Å². The molecule has 0 atom stereocenters. The fourth-order valence-corrected chi connectivity index (χ4v) is 2.12. The van der Waals surface area contributed by atoms with E-state index in [1.54, 1.807) is 18.3 Å². The summed E-state index contributed by atoms with van der Waals surface area (Å²) in [5.74, 6) is 0.580. The summed E-state index contributed by atoms with van der Waals surface area (Å²) < 4.78 is 0. The number of hydrogen-bond acceptors (Lipinski definition) is 4. The van der Waals surface area contributed by atoms with Gasteiger partial charge in [0.15, 0.2) is 0 Å². The third-order valence-electron chi connectivity index (χ3n) is 2.95. The summed E-state index contributed by atoms with van der Waals surface area (Å²) in [4.78, 5) is 8.53. The Morgan fingerprint density at radius 2 is 1.73 bits per heavy atom. The Balaban J connectivity index is 1.97. The first-order valence-corrected chi connectivity index (χ1v) is 7.14. The first-order chi connectivity index (χ1) is 10.8. The lowest BCUT2D eigenvalue weighted by atomic mass is 10.1. The molecule has 0 fully saturated rings. The Bertz CT molecular complexity index is 731. The lowest BCUT2D eigenvalue weighted by Gasteiger charge is -2.07. The Morgan fingerprint density at radius 3 is 2.45 bits per heavy atom. The number of aromatic nitrogens is 2. The van der Waals surface area contributed by atoms with Gasteiger partial charge in [0.2, 0.25) is 0 Å². The maximum Gasteiger partial charge on any atom is 0.147 e. The lowest BCUT2D eigenvalue weighted by Crippen LogP contribution is -2.08. The molecular weight excluding hydrogens is 296 g/mol. The number of rotatable bonds is 4. The van der Waals surface area contributed by atoms with E-state index >= 15 is 0 Å². The third kappa shape index (κ3) is 3.48. The molecule has 0 aliphatic rings. The number of pyridine rings is 2. The van der Waals surface area contributed by atoms with Crippen molar-refractivity contribution < 1.29 is 0 Å². The molecule has 0 saturated heterocycles. The van der Waals surface area contributed by atoms with Gasteiger partial charge in [-0.05, 0) is 24.3 Å². The second-order valence-electron chi connectivity index (χ2n) is 4.50. The fourth-order valence-electron chi connectivity index (χ4n) is 1.95. The van der Waals surface area contributed by atoms with Gasteiger partial charge in [-0.15, -0.1) is 0 Å². The van der Waals surface area contributed by atoms with E-state index < -0.39 is 0 Å². The topological polar surface area (TPSA) is 50.2 Å². The molecule has 1 aromatic carbocycles. The zero-order valence-corrected chi connectivity index (χ0v) is 12.4. The van der Waals surface area contributed by atoms with E-state index in [0.717, 1.165) is 17.0 Å². The van der Waals surface area contributed by atoms with Crippen LogP contribution in [0.5, 0.6) is 0 Å². The van der Waals surface area contributed by atoms with Crippen LogP contribution in [0.3, 0.4) is 0 Å². The molecule has 1 N–H and O–H groups in total. The summed E-state index contributed by atoms with van der Waals surface area (Å²) in [6, 6.07) is 20.9. The third-order valence-corrected chi connectivity index (χ3v) is 3.16. The molecular formula is C17H13ClN4. The van der Waals surface area contributed by atoms with Crippen molar-refractivity contribution in [3.63, 3.8) is 0 Å². The second-order valence-corrected chi connectivity index (χ2v) is 4.89. The monoisotopic (exact) mass is 308 g/mol. The van der Waals surface area contributed by atoms with Crippen LogP contribution in [-0.4, -0.2) is 15.7 Å². The quantitative estimate of drug-likeness (QED) is 0.450. The SMILES string of the molecule is Clc1cccc(NN=C(c2ccccc2)c2ccccn2)n1. The van der Waals surface area contributed by atoms with Gasteiger partial charge in [0.1, 0.15) is 16.7 Å². The van der Waals surface area contributed by atoms with Crippen molar-refractivity contribution in [3.8, 4) is 0 Å². The second kappa shape index (κ2) is 6.83. The summed E-state index contributed by atoms with van der Waals surface area (Å²) in [5, 5.41) is 4.87. The minimum absolute atomic E-state index is 0.416. The van der Waals surface area contributed by atoms with Crippen LogP contribution >= 0.6 is 11.6 Å². The van der Waals surface area contributed by atoms with Crippen molar-refractivity contribution in [2.75, 3.05) is 5.43 Å². The molecule has 2 heterocycles. The van der Waals surface area contributed by atoms with Gasteiger partial charge in [0, 0.05) is 11.8 Å². The van der Waals surface area contributed by atoms with Gasteiger partial charge in [0.25, 0.3) is 0 Å². The van der Waals surface area contributed by atoms with Gasteiger partial charge >= 0.3 is 0 Å². The molecule has 0 aliphatic heterocycles. The largest absolute Gasteiger partial charge is 0.261 e. The molecule has 3 rings (SSSR count). The molecule has 5 heteroatoms. The number of anilines is 1. The average molecular weight is 309 g/mol. The lowest BCUT2D eigenvalue weighted by molar-refractivity contribution is 1.21. The number of hydrazone groups is 1. The highest BCUT2D eigenvalue weighted by molar-refractivity contribution is 6.29. The molecule has 0 aliphatic carbocycles. The molecule has 0 amide bonds. The number of hydrogen-bond donors (Lipinski definition) is 1. The van der Waals surface area contributed by atoms with Crippen molar-refractivity contribution in [1.82, 2.24) is 9.97 Å². The molecule has 4 nitrogen and oxygen atoms in total. The fraction of sp³-hybridized carbons (Fsp3) is 0. The normalized spacial score (nSPS) is 11.2. The summed E-state index contributed by atoms with van der Waals surface area (Å²) in [6.45, 7) is 0. The number of halogens is 1. The number of nitrogens with zero attached hydrogens (tertiary/aromatic N) is 3. The zero-order chi connectivity index (χ0) is 15.2. The van der Waals surface area contributed by atoms with E-state index in [9.17, 15) is 0 Å². The Hall–Kier alpha value is -2.72. The van der Waals surface area contributed by atoms with Gasteiger partial charge in [0.05, 0.1) is 5.69 Å². The molecule has 22 heavy (non-hydrogen) atoms. The van der Waals surface area contributed by atoms with Crippen molar-refractivity contribution >= 4 is 23.1 Å². The molecule has 0 spiro atoms. The summed E-state index contributed by atoms with van der Waals surface area (Å²) in [7, 11) is 0. The van der Waals surface area contributed by atoms with E-state index in [1.165, 1.54) is 0 Å². The van der Waals surface area contributed by atoms with Crippen LogP contribution in [-0.2, 0) is 0 Å². The van der Waals surface area contributed by atoms with Crippen molar-refractivity contribution in [2.24, 2.45) is 5.10 Å². The van der Waals surface area contributed by atoms with Gasteiger partial charge in [-0.2, -0.15) is 5.10 Å². The van der Waals surface area contributed by atoms with Crippen LogP contribution in [0.4, 0.5) is 5.82 Å². The van der Waals surface area contributed by atoms with E-state index in [1.807, 2.05) is 54.6 Å². The van der Waals surface area contributed by atoms with Crippen molar-refractivity contribution in [2.45, 2.75) is 0 Å². The molecule has 0 radical (unpaired) electrons. The Morgan fingerprint density at radius 1 is 0.909 bits per heavy atom. The van der Waals surface area contributed by atoms with E-state index in [2.05, 4.69) is 20.5 Å². The first-order valence-electron chi connectivity index (χ1n) is 6.76. The molecule has 2 aromatic heterocycles. The zero-order valence-electron chi connectivity index (χ0n) is 11.6.